The molecule has 2 amide bonds. The van der Waals surface area contributed by atoms with E-state index in [4.69, 9.17) is 0 Å². The van der Waals surface area contributed by atoms with Gasteiger partial charge < -0.3 is 10.6 Å². The summed E-state index contributed by atoms with van der Waals surface area (Å²) in [6.07, 6.45) is 8.85. The summed E-state index contributed by atoms with van der Waals surface area (Å²) in [5.41, 5.74) is 2.53. The maximum atomic E-state index is 11.6. The molecule has 3 heteroatoms. The van der Waals surface area contributed by atoms with E-state index in [-0.39, 0.29) is 14.8 Å². The van der Waals surface area contributed by atoms with Gasteiger partial charge in [0.25, 0.3) is 0 Å². The van der Waals surface area contributed by atoms with Crippen molar-refractivity contribution in [2.75, 3.05) is 13.1 Å². The lowest BCUT2D eigenvalue weighted by Crippen LogP contribution is -2.37. The van der Waals surface area contributed by atoms with Crippen molar-refractivity contribution in [3.05, 3.63) is 59.7 Å². The fraction of sp³-hybridized carbons (Fsp3) is 0.353. The van der Waals surface area contributed by atoms with Gasteiger partial charge in [-0.1, -0.05) is 48.6 Å². The zero-order valence-electron chi connectivity index (χ0n) is 11.9. The van der Waals surface area contributed by atoms with E-state index in [9.17, 15) is 4.79 Å². The number of benzene rings is 1. The fourth-order valence-electron chi connectivity index (χ4n) is 2.42. The van der Waals surface area contributed by atoms with Crippen molar-refractivity contribution in [2.45, 2.75) is 25.7 Å². The van der Waals surface area contributed by atoms with Crippen molar-refractivity contribution < 1.29 is 7.65 Å². The molecule has 3 nitrogen and oxygen atoms in total. The van der Waals surface area contributed by atoms with Crippen LogP contribution in [0.15, 0.2) is 54.1 Å². The molecule has 1 aliphatic rings. The number of allylic oxidation sites excluding steroid dienone is 3. The molecule has 1 atom stereocenters. The molecule has 0 aliphatic heterocycles. The second kappa shape index (κ2) is 7.53. The van der Waals surface area contributed by atoms with E-state index >= 15 is 0 Å². The molecule has 20 heavy (non-hydrogen) atoms. The maximum Gasteiger partial charge on any atom is 0.314 e. The average molecular weight is 274 g/mol. The standard InChI is InChI=1S/C17H22N2O.2H2/c1-2-18-17(20)19-13-16(14-9-5-3-6-10-14)15-11-7-4-8-12-15;;/h3,5-7,9-12,16H,2,4,8,13H2,1H3,(H2,18,19,20);2*1H. The van der Waals surface area contributed by atoms with E-state index in [1.807, 2.05) is 25.1 Å². The molecule has 0 heterocycles. The Kier molecular flexibility index (Phi) is 5.42. The minimum Gasteiger partial charge on any atom is -0.338 e. The number of urea groups is 1. The normalized spacial score (nSPS) is 15.3. The fourth-order valence-corrected chi connectivity index (χ4v) is 2.42. The van der Waals surface area contributed by atoms with Crippen LogP contribution in [0.5, 0.6) is 0 Å². The van der Waals surface area contributed by atoms with Crippen molar-refractivity contribution in [2.24, 2.45) is 0 Å². The first-order chi connectivity index (χ1) is 9.81. The van der Waals surface area contributed by atoms with Crippen molar-refractivity contribution in [3.63, 3.8) is 0 Å². The summed E-state index contributed by atoms with van der Waals surface area (Å²) in [5.74, 6) is 0.218. The van der Waals surface area contributed by atoms with Gasteiger partial charge in [0.15, 0.2) is 0 Å². The number of carbonyl (C=O) groups is 1. The number of nitrogens with one attached hydrogen (secondary N) is 2. The summed E-state index contributed by atoms with van der Waals surface area (Å²) in [5, 5.41) is 5.72. The van der Waals surface area contributed by atoms with Gasteiger partial charge in [0.1, 0.15) is 0 Å². The van der Waals surface area contributed by atoms with Crippen molar-refractivity contribution in [1.29, 1.82) is 0 Å². The van der Waals surface area contributed by atoms with E-state index in [0.29, 0.717) is 13.1 Å². The quantitative estimate of drug-likeness (QED) is 0.841. The molecule has 110 valence electrons. The zero-order chi connectivity index (χ0) is 14.2. The molecule has 1 aliphatic carbocycles. The Hall–Kier alpha value is -2.03. The van der Waals surface area contributed by atoms with Crippen LogP contribution >= 0.6 is 0 Å². The van der Waals surface area contributed by atoms with E-state index in [0.717, 1.165) is 12.8 Å². The monoisotopic (exact) mass is 274 g/mol. The third-order valence-electron chi connectivity index (χ3n) is 3.43. The number of amides is 2. The van der Waals surface area contributed by atoms with Gasteiger partial charge in [0.05, 0.1) is 0 Å². The molecule has 0 aromatic heterocycles. The summed E-state index contributed by atoms with van der Waals surface area (Å²) < 4.78 is 0. The second-order valence-electron chi connectivity index (χ2n) is 4.89. The van der Waals surface area contributed by atoms with Crippen LogP contribution in [0.25, 0.3) is 0 Å². The number of hydrogen-bond donors (Lipinski definition) is 2. The molecule has 0 spiro atoms. The first-order valence-corrected chi connectivity index (χ1v) is 7.24. The molecule has 0 saturated carbocycles. The first-order valence-electron chi connectivity index (χ1n) is 7.24. The molecule has 1 unspecified atom stereocenters. The molecular weight excluding hydrogens is 248 g/mol. The lowest BCUT2D eigenvalue weighted by Gasteiger charge is -2.21. The lowest BCUT2D eigenvalue weighted by atomic mass is 9.88. The van der Waals surface area contributed by atoms with Gasteiger partial charge in [0, 0.05) is 21.9 Å². The Morgan fingerprint density at radius 1 is 1.25 bits per heavy atom. The summed E-state index contributed by atoms with van der Waals surface area (Å²) in [4.78, 5) is 11.6. The van der Waals surface area contributed by atoms with E-state index in [1.54, 1.807) is 0 Å². The average Bonchev–Trinajstić information content (AvgIpc) is 2.50. The molecule has 1 aromatic rings. The van der Waals surface area contributed by atoms with Crippen LogP contribution in [-0.2, 0) is 0 Å². The minimum atomic E-state index is -0.103. The third-order valence-corrected chi connectivity index (χ3v) is 3.43. The Morgan fingerprint density at radius 3 is 2.70 bits per heavy atom. The Labute approximate surface area is 123 Å². The molecule has 2 rings (SSSR count). The zero-order valence-corrected chi connectivity index (χ0v) is 11.9. The number of hydrogen-bond acceptors (Lipinski definition) is 1. The molecule has 0 radical (unpaired) electrons. The smallest absolute Gasteiger partial charge is 0.314 e. The third kappa shape index (κ3) is 3.98. The van der Waals surface area contributed by atoms with Crippen LogP contribution in [0.3, 0.4) is 0 Å². The summed E-state index contributed by atoms with van der Waals surface area (Å²) in [6.45, 7) is 3.18. The number of rotatable bonds is 5. The maximum absolute atomic E-state index is 11.6. The molecule has 0 saturated heterocycles. The highest BCUT2D eigenvalue weighted by molar-refractivity contribution is 5.73. The summed E-state index contributed by atoms with van der Waals surface area (Å²) >= 11 is 0. The van der Waals surface area contributed by atoms with Gasteiger partial charge in [-0.15, -0.1) is 0 Å². The van der Waals surface area contributed by atoms with Gasteiger partial charge in [-0.25, -0.2) is 4.79 Å². The van der Waals surface area contributed by atoms with Crippen molar-refractivity contribution in [1.82, 2.24) is 10.6 Å². The predicted molar refractivity (Wildman–Crippen MR) is 86.9 cm³/mol. The summed E-state index contributed by atoms with van der Waals surface area (Å²) in [7, 11) is 0. The van der Waals surface area contributed by atoms with Gasteiger partial charge >= 0.3 is 6.03 Å². The summed E-state index contributed by atoms with van der Waals surface area (Å²) in [6, 6.07) is 10.2. The van der Waals surface area contributed by atoms with Crippen LogP contribution < -0.4 is 10.6 Å². The van der Waals surface area contributed by atoms with Crippen molar-refractivity contribution in [3.8, 4) is 0 Å². The Bertz CT molecular complexity index is 501. The van der Waals surface area contributed by atoms with Gasteiger partial charge in [-0.05, 0) is 30.9 Å². The molecule has 0 fully saturated rings. The molecule has 0 bridgehead atoms. The predicted octanol–water partition coefficient (Wildman–Crippen LogP) is 3.86. The van der Waals surface area contributed by atoms with Gasteiger partial charge in [-0.2, -0.15) is 0 Å². The van der Waals surface area contributed by atoms with E-state index in [2.05, 4.69) is 41.0 Å². The first kappa shape index (κ1) is 14.4. The largest absolute Gasteiger partial charge is 0.338 e. The second-order valence-corrected chi connectivity index (χ2v) is 4.89. The highest BCUT2D eigenvalue weighted by atomic mass is 16.2. The SMILES string of the molecule is CCNC(=O)NCC(C1=CCCC=C1)c1ccccc1.[HH].[HH]. The topological polar surface area (TPSA) is 41.1 Å². The molecule has 1 aromatic carbocycles. The minimum absolute atomic E-state index is 0. The van der Waals surface area contributed by atoms with E-state index in [1.165, 1.54) is 11.1 Å². The highest BCUT2D eigenvalue weighted by Crippen LogP contribution is 2.27. The van der Waals surface area contributed by atoms with Crippen LogP contribution in [0.1, 0.15) is 34.1 Å². The molecule has 2 N–H and O–H groups in total. The van der Waals surface area contributed by atoms with E-state index < -0.39 is 0 Å². The van der Waals surface area contributed by atoms with Crippen LogP contribution in [0.4, 0.5) is 4.79 Å². The van der Waals surface area contributed by atoms with Crippen LogP contribution in [0.2, 0.25) is 0 Å². The lowest BCUT2D eigenvalue weighted by molar-refractivity contribution is 0.241. The van der Waals surface area contributed by atoms with Crippen molar-refractivity contribution >= 4 is 6.03 Å². The van der Waals surface area contributed by atoms with Crippen LogP contribution in [0, 0.1) is 0 Å². The van der Waals surface area contributed by atoms with Gasteiger partial charge in [0.2, 0.25) is 0 Å². The highest BCUT2D eigenvalue weighted by Gasteiger charge is 2.16. The van der Waals surface area contributed by atoms with Crippen LogP contribution in [-0.4, -0.2) is 19.1 Å². The Morgan fingerprint density at radius 2 is 2.05 bits per heavy atom. The van der Waals surface area contributed by atoms with Gasteiger partial charge in [-0.3, -0.25) is 0 Å². The number of carbonyl (C=O) groups excluding carboxylic acids is 1. The molecular formula is C17H26N2O. The Balaban J connectivity index is 0.00000220.